The van der Waals surface area contributed by atoms with Gasteiger partial charge in [0.15, 0.2) is 5.76 Å². The van der Waals surface area contributed by atoms with Crippen molar-refractivity contribution in [3.05, 3.63) is 89.2 Å². The fourth-order valence-electron chi connectivity index (χ4n) is 4.33. The maximum absolute atomic E-state index is 13.0. The topological polar surface area (TPSA) is 62.2 Å². The number of phenols is 1. The first-order valence-corrected chi connectivity index (χ1v) is 11.1. The summed E-state index contributed by atoms with van der Waals surface area (Å²) >= 11 is 0. The number of anilines is 1. The van der Waals surface area contributed by atoms with E-state index in [1.165, 1.54) is 5.69 Å². The van der Waals surface area contributed by atoms with Crippen LogP contribution in [-0.4, -0.2) is 49.1 Å². The Morgan fingerprint density at radius 1 is 0.970 bits per heavy atom. The summed E-state index contributed by atoms with van der Waals surface area (Å²) in [7, 11) is 1.61. The molecule has 2 heterocycles. The van der Waals surface area contributed by atoms with Gasteiger partial charge in [-0.1, -0.05) is 30.3 Å². The summed E-state index contributed by atoms with van der Waals surface area (Å²) in [6, 6.07) is 21.0. The second kappa shape index (κ2) is 9.00. The van der Waals surface area contributed by atoms with E-state index in [0.29, 0.717) is 23.4 Å². The molecule has 1 saturated heterocycles. The van der Waals surface area contributed by atoms with Crippen LogP contribution in [0, 0.1) is 0 Å². The number of ketones is 1. The van der Waals surface area contributed by atoms with Crippen LogP contribution < -0.4 is 14.4 Å². The SMILES string of the molecule is COc1ccc(/C=C2\Oc3c(ccc(O)c3CN3CCN(c4ccccc4)CC3)C2=O)cc1. The number of rotatable bonds is 5. The van der Waals surface area contributed by atoms with Crippen LogP contribution >= 0.6 is 0 Å². The summed E-state index contributed by atoms with van der Waals surface area (Å²) in [6.07, 6.45) is 1.72. The van der Waals surface area contributed by atoms with E-state index in [0.717, 1.165) is 37.5 Å². The Hall–Kier alpha value is -3.77. The lowest BCUT2D eigenvalue weighted by Gasteiger charge is -2.36. The molecule has 3 aromatic carbocycles. The second-order valence-corrected chi connectivity index (χ2v) is 8.25. The number of phenolic OH excluding ortho intramolecular Hbond substituents is 1. The van der Waals surface area contributed by atoms with Gasteiger partial charge >= 0.3 is 0 Å². The third-order valence-electron chi connectivity index (χ3n) is 6.21. The van der Waals surface area contributed by atoms with Crippen LogP contribution in [0.1, 0.15) is 21.5 Å². The molecule has 3 aromatic rings. The molecular weight excluding hydrogens is 416 g/mol. The highest BCUT2D eigenvalue weighted by Crippen LogP contribution is 2.40. The van der Waals surface area contributed by atoms with Crippen LogP contribution in [0.3, 0.4) is 0 Å². The number of fused-ring (bicyclic) bond motifs is 1. The lowest BCUT2D eigenvalue weighted by Crippen LogP contribution is -2.46. The van der Waals surface area contributed by atoms with E-state index in [1.807, 2.05) is 30.3 Å². The number of carbonyl (C=O) groups excluding carboxylic acids is 1. The van der Waals surface area contributed by atoms with Crippen molar-refractivity contribution in [1.29, 1.82) is 0 Å². The van der Waals surface area contributed by atoms with Gasteiger partial charge in [0.25, 0.3) is 0 Å². The van der Waals surface area contributed by atoms with Crippen LogP contribution in [0.4, 0.5) is 5.69 Å². The van der Waals surface area contributed by atoms with Gasteiger partial charge in [0.05, 0.1) is 18.2 Å². The summed E-state index contributed by atoms with van der Waals surface area (Å²) < 4.78 is 11.2. The molecule has 6 nitrogen and oxygen atoms in total. The molecule has 0 spiro atoms. The first kappa shape index (κ1) is 21.1. The number of allylic oxidation sites excluding steroid dienone is 1. The van der Waals surface area contributed by atoms with Gasteiger partial charge in [-0.2, -0.15) is 0 Å². The molecule has 0 aromatic heterocycles. The zero-order valence-electron chi connectivity index (χ0n) is 18.5. The average molecular weight is 443 g/mol. The van der Waals surface area contributed by atoms with Gasteiger partial charge in [-0.15, -0.1) is 0 Å². The number of para-hydroxylation sites is 1. The van der Waals surface area contributed by atoms with E-state index in [4.69, 9.17) is 9.47 Å². The quantitative estimate of drug-likeness (QED) is 0.593. The monoisotopic (exact) mass is 442 g/mol. The van der Waals surface area contributed by atoms with Crippen molar-refractivity contribution >= 4 is 17.5 Å². The van der Waals surface area contributed by atoms with Crippen molar-refractivity contribution in [2.24, 2.45) is 0 Å². The minimum absolute atomic E-state index is 0.151. The van der Waals surface area contributed by atoms with Crippen molar-refractivity contribution in [3.63, 3.8) is 0 Å². The molecule has 33 heavy (non-hydrogen) atoms. The van der Waals surface area contributed by atoms with E-state index in [2.05, 4.69) is 34.1 Å². The normalized spacial score (nSPS) is 17.2. The summed E-state index contributed by atoms with van der Waals surface area (Å²) in [5.41, 5.74) is 3.22. The number of hydrogen-bond acceptors (Lipinski definition) is 6. The highest BCUT2D eigenvalue weighted by Gasteiger charge is 2.32. The lowest BCUT2D eigenvalue weighted by atomic mass is 10.0. The van der Waals surface area contributed by atoms with Gasteiger partial charge in [-0.05, 0) is 48.0 Å². The first-order valence-electron chi connectivity index (χ1n) is 11.1. The molecule has 5 rings (SSSR count). The Balaban J connectivity index is 1.32. The average Bonchev–Trinajstić information content (AvgIpc) is 3.17. The van der Waals surface area contributed by atoms with Gasteiger partial charge in [0.2, 0.25) is 5.78 Å². The number of ether oxygens (including phenoxy) is 2. The van der Waals surface area contributed by atoms with Crippen molar-refractivity contribution in [2.75, 3.05) is 38.2 Å². The Morgan fingerprint density at radius 3 is 2.39 bits per heavy atom. The largest absolute Gasteiger partial charge is 0.507 e. The van der Waals surface area contributed by atoms with E-state index in [-0.39, 0.29) is 17.3 Å². The second-order valence-electron chi connectivity index (χ2n) is 8.25. The van der Waals surface area contributed by atoms with Crippen LogP contribution in [0.2, 0.25) is 0 Å². The van der Waals surface area contributed by atoms with Crippen molar-refractivity contribution < 1.29 is 19.4 Å². The summed E-state index contributed by atoms with van der Waals surface area (Å²) in [5.74, 6) is 1.45. The Labute approximate surface area is 193 Å². The van der Waals surface area contributed by atoms with Gasteiger partial charge in [0, 0.05) is 38.4 Å². The minimum Gasteiger partial charge on any atom is -0.507 e. The van der Waals surface area contributed by atoms with Gasteiger partial charge in [-0.3, -0.25) is 9.69 Å². The molecule has 0 aliphatic carbocycles. The van der Waals surface area contributed by atoms with Gasteiger partial charge < -0.3 is 19.5 Å². The molecule has 2 aliphatic heterocycles. The zero-order chi connectivity index (χ0) is 22.8. The first-order chi connectivity index (χ1) is 16.1. The smallest absolute Gasteiger partial charge is 0.231 e. The number of Topliss-reactive ketones (excluding diaryl/α,β-unsaturated/α-hetero) is 1. The molecule has 0 radical (unpaired) electrons. The summed E-state index contributed by atoms with van der Waals surface area (Å²) in [6.45, 7) is 4.06. The number of benzene rings is 3. The van der Waals surface area contributed by atoms with Crippen LogP contribution in [0.15, 0.2) is 72.5 Å². The lowest BCUT2D eigenvalue weighted by molar-refractivity contribution is 0.101. The molecular formula is C27H26N2O4. The number of aromatic hydroxyl groups is 1. The van der Waals surface area contributed by atoms with Crippen molar-refractivity contribution in [3.8, 4) is 17.2 Å². The summed E-state index contributed by atoms with van der Waals surface area (Å²) in [5, 5.41) is 10.6. The molecule has 1 fully saturated rings. The Morgan fingerprint density at radius 2 is 1.70 bits per heavy atom. The maximum Gasteiger partial charge on any atom is 0.231 e. The van der Waals surface area contributed by atoms with E-state index in [1.54, 1.807) is 25.3 Å². The molecule has 0 bridgehead atoms. The van der Waals surface area contributed by atoms with E-state index in [9.17, 15) is 9.90 Å². The molecule has 0 atom stereocenters. The summed E-state index contributed by atoms with van der Waals surface area (Å²) in [4.78, 5) is 17.6. The molecule has 0 saturated carbocycles. The zero-order valence-corrected chi connectivity index (χ0v) is 18.5. The molecule has 0 amide bonds. The number of methoxy groups -OCH3 is 1. The van der Waals surface area contributed by atoms with Crippen molar-refractivity contribution in [1.82, 2.24) is 4.90 Å². The Bertz CT molecular complexity index is 1180. The molecule has 1 N–H and O–H groups in total. The van der Waals surface area contributed by atoms with E-state index >= 15 is 0 Å². The van der Waals surface area contributed by atoms with Crippen LogP contribution in [-0.2, 0) is 6.54 Å². The molecule has 6 heteroatoms. The van der Waals surface area contributed by atoms with E-state index < -0.39 is 0 Å². The standard InChI is InChI=1S/C27H26N2O4/c1-32-21-9-7-19(8-10-21)17-25-26(31)22-11-12-24(30)23(27(22)33-25)18-28-13-15-29(16-14-28)20-5-3-2-4-6-20/h2-12,17,30H,13-16,18H2,1H3/b25-17-. The number of carbonyl (C=O) groups is 1. The predicted octanol–water partition coefficient (Wildman–Crippen LogP) is 4.34. The molecule has 0 unspecified atom stereocenters. The third-order valence-corrected chi connectivity index (χ3v) is 6.21. The fourth-order valence-corrected chi connectivity index (χ4v) is 4.33. The van der Waals surface area contributed by atoms with Gasteiger partial charge in [-0.25, -0.2) is 0 Å². The Kier molecular flexibility index (Phi) is 5.75. The van der Waals surface area contributed by atoms with Crippen LogP contribution in [0.25, 0.3) is 6.08 Å². The highest BCUT2D eigenvalue weighted by molar-refractivity contribution is 6.15. The predicted molar refractivity (Wildman–Crippen MR) is 128 cm³/mol. The maximum atomic E-state index is 13.0. The number of piperazine rings is 1. The minimum atomic E-state index is -0.170. The third kappa shape index (κ3) is 4.30. The highest BCUT2D eigenvalue weighted by atomic mass is 16.5. The number of hydrogen-bond donors (Lipinski definition) is 1. The van der Waals surface area contributed by atoms with Crippen LogP contribution in [0.5, 0.6) is 17.2 Å². The van der Waals surface area contributed by atoms with Crippen molar-refractivity contribution in [2.45, 2.75) is 6.54 Å². The molecule has 168 valence electrons. The molecule has 2 aliphatic rings. The van der Waals surface area contributed by atoms with Gasteiger partial charge in [0.1, 0.15) is 17.2 Å². The fraction of sp³-hybridized carbons (Fsp3) is 0.222. The number of nitrogens with zero attached hydrogens (tertiary/aromatic N) is 2.